The zero-order chi connectivity index (χ0) is 15.2. The van der Waals surface area contributed by atoms with Crippen molar-refractivity contribution < 1.29 is 19.0 Å². The Bertz CT molecular complexity index is 450. The van der Waals surface area contributed by atoms with Gasteiger partial charge in [0.2, 0.25) is 0 Å². The first-order chi connectivity index (χ1) is 9.33. The Morgan fingerprint density at radius 3 is 2.75 bits per heavy atom. The highest BCUT2D eigenvalue weighted by Crippen LogP contribution is 2.16. The Labute approximate surface area is 119 Å². The summed E-state index contributed by atoms with van der Waals surface area (Å²) in [7, 11) is 0. The molecule has 4 nitrogen and oxygen atoms in total. The third-order valence-corrected chi connectivity index (χ3v) is 2.97. The lowest BCUT2D eigenvalue weighted by Gasteiger charge is -2.28. The maximum Gasteiger partial charge on any atom is 0.323 e. The number of halogens is 1. The summed E-state index contributed by atoms with van der Waals surface area (Å²) in [6, 6.07) is 5.99. The van der Waals surface area contributed by atoms with Crippen molar-refractivity contribution in [1.29, 1.82) is 0 Å². The Morgan fingerprint density at radius 1 is 1.50 bits per heavy atom. The van der Waals surface area contributed by atoms with Crippen LogP contribution in [0.5, 0.6) is 5.75 Å². The van der Waals surface area contributed by atoms with E-state index in [0.717, 1.165) is 0 Å². The molecule has 0 radical (unpaired) electrons. The normalized spacial score (nSPS) is 14.1. The van der Waals surface area contributed by atoms with E-state index >= 15 is 0 Å². The fourth-order valence-corrected chi connectivity index (χ4v) is 2.05. The molecule has 1 unspecified atom stereocenters. The van der Waals surface area contributed by atoms with Crippen molar-refractivity contribution in [2.24, 2.45) is 0 Å². The molecule has 2 N–H and O–H groups in total. The molecular weight excluding hydrogens is 261 g/mol. The first-order valence-corrected chi connectivity index (χ1v) is 6.73. The number of benzene rings is 1. The fraction of sp³-hybridized carbons (Fsp3) is 0.533. The van der Waals surface area contributed by atoms with E-state index < -0.39 is 11.5 Å². The standard InChI is InChI=1S/C15H22FNO3/c1-11(2)17-15(3,14(18)19)8-5-9-20-13-7-4-6-12(16)10-13/h4,6-7,10-11,17H,5,8-9H2,1-3H3,(H,18,19). The summed E-state index contributed by atoms with van der Waals surface area (Å²) in [5.41, 5.74) is -0.973. The second-order valence-electron chi connectivity index (χ2n) is 5.35. The minimum atomic E-state index is -0.973. The second kappa shape index (κ2) is 7.24. The van der Waals surface area contributed by atoms with Crippen molar-refractivity contribution in [1.82, 2.24) is 5.32 Å². The van der Waals surface area contributed by atoms with E-state index in [1.54, 1.807) is 19.1 Å². The van der Waals surface area contributed by atoms with Gasteiger partial charge in [-0.25, -0.2) is 4.39 Å². The van der Waals surface area contributed by atoms with Crippen LogP contribution >= 0.6 is 0 Å². The SMILES string of the molecule is CC(C)NC(C)(CCCOc1cccc(F)c1)C(=O)O. The van der Waals surface area contributed by atoms with Crippen LogP contribution in [0.4, 0.5) is 4.39 Å². The monoisotopic (exact) mass is 283 g/mol. The fourth-order valence-electron chi connectivity index (χ4n) is 2.05. The Balaban J connectivity index is 2.43. The van der Waals surface area contributed by atoms with Gasteiger partial charge in [0.1, 0.15) is 17.1 Å². The van der Waals surface area contributed by atoms with Crippen LogP contribution in [0.25, 0.3) is 0 Å². The zero-order valence-corrected chi connectivity index (χ0v) is 12.1. The lowest BCUT2D eigenvalue weighted by atomic mass is 9.95. The van der Waals surface area contributed by atoms with Crippen molar-refractivity contribution in [2.45, 2.75) is 45.2 Å². The van der Waals surface area contributed by atoms with Crippen molar-refractivity contribution >= 4 is 5.97 Å². The van der Waals surface area contributed by atoms with Crippen molar-refractivity contribution in [3.05, 3.63) is 30.1 Å². The molecule has 0 aliphatic rings. The summed E-state index contributed by atoms with van der Waals surface area (Å²) in [6.07, 6.45) is 1.01. The molecule has 1 rings (SSSR count). The highest BCUT2D eigenvalue weighted by Gasteiger charge is 2.32. The van der Waals surface area contributed by atoms with Crippen LogP contribution in [0.2, 0.25) is 0 Å². The van der Waals surface area contributed by atoms with Crippen molar-refractivity contribution in [3.63, 3.8) is 0 Å². The molecule has 20 heavy (non-hydrogen) atoms. The molecular formula is C15H22FNO3. The molecule has 0 aliphatic carbocycles. The van der Waals surface area contributed by atoms with Crippen LogP contribution in [0.1, 0.15) is 33.6 Å². The third-order valence-electron chi connectivity index (χ3n) is 2.97. The molecule has 0 aromatic heterocycles. The summed E-state index contributed by atoms with van der Waals surface area (Å²) in [6.45, 7) is 5.83. The van der Waals surface area contributed by atoms with Gasteiger partial charge in [-0.3, -0.25) is 10.1 Å². The van der Waals surface area contributed by atoms with Crippen LogP contribution < -0.4 is 10.1 Å². The number of nitrogens with one attached hydrogen (secondary N) is 1. The number of hydrogen-bond acceptors (Lipinski definition) is 3. The maximum atomic E-state index is 12.9. The van der Waals surface area contributed by atoms with E-state index in [0.29, 0.717) is 25.2 Å². The molecule has 1 aromatic carbocycles. The molecule has 1 atom stereocenters. The van der Waals surface area contributed by atoms with Gasteiger partial charge in [0, 0.05) is 12.1 Å². The van der Waals surface area contributed by atoms with Gasteiger partial charge in [-0.1, -0.05) is 6.07 Å². The smallest absolute Gasteiger partial charge is 0.323 e. The van der Waals surface area contributed by atoms with E-state index in [-0.39, 0.29) is 11.9 Å². The summed E-state index contributed by atoms with van der Waals surface area (Å²) < 4.78 is 18.4. The van der Waals surface area contributed by atoms with Gasteiger partial charge < -0.3 is 9.84 Å². The summed E-state index contributed by atoms with van der Waals surface area (Å²) in [5, 5.41) is 12.3. The largest absolute Gasteiger partial charge is 0.493 e. The molecule has 0 saturated heterocycles. The van der Waals surface area contributed by atoms with Crippen molar-refractivity contribution in [2.75, 3.05) is 6.61 Å². The Kier molecular flexibility index (Phi) is 5.95. The predicted octanol–water partition coefficient (Wildman–Crippen LogP) is 2.83. The van der Waals surface area contributed by atoms with Gasteiger partial charge in [-0.05, 0) is 45.7 Å². The molecule has 112 valence electrons. The number of carboxylic acids is 1. The van der Waals surface area contributed by atoms with Gasteiger partial charge in [0.15, 0.2) is 0 Å². The number of hydrogen-bond donors (Lipinski definition) is 2. The molecule has 0 spiro atoms. The first kappa shape index (κ1) is 16.4. The van der Waals surface area contributed by atoms with Gasteiger partial charge in [-0.15, -0.1) is 0 Å². The van der Waals surface area contributed by atoms with Crippen LogP contribution in [0.15, 0.2) is 24.3 Å². The first-order valence-electron chi connectivity index (χ1n) is 6.73. The van der Waals surface area contributed by atoms with Crippen molar-refractivity contribution in [3.8, 4) is 5.75 Å². The zero-order valence-electron chi connectivity index (χ0n) is 12.1. The molecule has 0 heterocycles. The molecule has 1 aromatic rings. The topological polar surface area (TPSA) is 58.6 Å². The predicted molar refractivity (Wildman–Crippen MR) is 75.4 cm³/mol. The van der Waals surface area contributed by atoms with E-state index in [4.69, 9.17) is 4.74 Å². The Hall–Kier alpha value is -1.62. The van der Waals surface area contributed by atoms with Gasteiger partial charge in [0.05, 0.1) is 6.61 Å². The molecule has 0 aliphatic heterocycles. The number of carboxylic acid groups (broad SMARTS) is 1. The van der Waals surface area contributed by atoms with E-state index in [2.05, 4.69) is 5.32 Å². The van der Waals surface area contributed by atoms with Crippen LogP contribution in [0, 0.1) is 5.82 Å². The van der Waals surface area contributed by atoms with Gasteiger partial charge in [0.25, 0.3) is 0 Å². The average Bonchev–Trinajstić information content (AvgIpc) is 2.34. The lowest BCUT2D eigenvalue weighted by molar-refractivity contribution is -0.144. The number of aliphatic carboxylic acids is 1. The molecule has 0 saturated carbocycles. The average molecular weight is 283 g/mol. The Morgan fingerprint density at radius 2 is 2.20 bits per heavy atom. The number of rotatable bonds is 8. The lowest BCUT2D eigenvalue weighted by Crippen LogP contribution is -2.52. The quantitative estimate of drug-likeness (QED) is 0.720. The third kappa shape index (κ3) is 5.17. The maximum absolute atomic E-state index is 12.9. The van der Waals surface area contributed by atoms with Gasteiger partial charge >= 0.3 is 5.97 Å². The highest BCUT2D eigenvalue weighted by atomic mass is 19.1. The molecule has 0 fully saturated rings. The van der Waals surface area contributed by atoms with E-state index in [1.165, 1.54) is 12.1 Å². The molecule has 0 bridgehead atoms. The number of ether oxygens (including phenoxy) is 1. The molecule has 0 amide bonds. The van der Waals surface area contributed by atoms with E-state index in [9.17, 15) is 14.3 Å². The molecule has 5 heteroatoms. The minimum absolute atomic E-state index is 0.0836. The van der Waals surface area contributed by atoms with Crippen LogP contribution in [-0.2, 0) is 4.79 Å². The summed E-state index contributed by atoms with van der Waals surface area (Å²) in [5.74, 6) is -0.768. The highest BCUT2D eigenvalue weighted by molar-refractivity contribution is 5.78. The van der Waals surface area contributed by atoms with Crippen LogP contribution in [-0.4, -0.2) is 29.3 Å². The summed E-state index contributed by atoms with van der Waals surface area (Å²) in [4.78, 5) is 11.3. The van der Waals surface area contributed by atoms with E-state index in [1.807, 2.05) is 13.8 Å². The second-order valence-corrected chi connectivity index (χ2v) is 5.35. The summed E-state index contributed by atoms with van der Waals surface area (Å²) >= 11 is 0. The number of carbonyl (C=O) groups is 1. The van der Waals surface area contributed by atoms with Gasteiger partial charge in [-0.2, -0.15) is 0 Å². The minimum Gasteiger partial charge on any atom is -0.493 e. The van der Waals surface area contributed by atoms with Crippen LogP contribution in [0.3, 0.4) is 0 Å².